The van der Waals surface area contributed by atoms with Crippen LogP contribution in [0.5, 0.6) is 11.5 Å². The number of primary amides is 1. The first-order chi connectivity index (χ1) is 11.5. The zero-order valence-corrected chi connectivity index (χ0v) is 13.5. The second kappa shape index (κ2) is 6.35. The van der Waals surface area contributed by atoms with Crippen molar-refractivity contribution in [2.24, 2.45) is 5.73 Å². The number of amides is 2. The van der Waals surface area contributed by atoms with Crippen LogP contribution in [0.2, 0.25) is 0 Å². The molecule has 2 aromatic rings. The number of benzene rings is 1. The fraction of sp³-hybridized carbons (Fsp3) is 0.353. The fourth-order valence-electron chi connectivity index (χ4n) is 2.63. The van der Waals surface area contributed by atoms with Crippen molar-refractivity contribution in [3.05, 3.63) is 30.0 Å². The van der Waals surface area contributed by atoms with Gasteiger partial charge in [0.05, 0.1) is 17.2 Å². The fourth-order valence-corrected chi connectivity index (χ4v) is 2.63. The summed E-state index contributed by atoms with van der Waals surface area (Å²) < 4.78 is 11.5. The maximum Gasteiger partial charge on any atom is 0.261 e. The molecule has 0 saturated carbocycles. The molecule has 1 aliphatic heterocycles. The van der Waals surface area contributed by atoms with Crippen molar-refractivity contribution < 1.29 is 19.1 Å². The number of carbonyl (C=O) groups excluding carboxylic acids is 2. The highest BCUT2D eigenvalue weighted by molar-refractivity contribution is 6.01. The quantitative estimate of drug-likeness (QED) is 0.862. The number of nitrogens with two attached hydrogens (primary N) is 1. The number of hydrogen-bond acceptors (Lipinski definition) is 5. The maximum absolute atomic E-state index is 11.7. The SMILES string of the molecule is CC(C)Oc1cc2c(OC3CCNC3=O)ccnc2cc1C(N)=O. The molecule has 0 bridgehead atoms. The van der Waals surface area contributed by atoms with Crippen LogP contribution in [0.15, 0.2) is 24.4 Å². The lowest BCUT2D eigenvalue weighted by Crippen LogP contribution is -2.27. The first kappa shape index (κ1) is 16.0. The summed E-state index contributed by atoms with van der Waals surface area (Å²) >= 11 is 0. The highest BCUT2D eigenvalue weighted by Crippen LogP contribution is 2.32. The minimum Gasteiger partial charge on any atom is -0.490 e. The Bertz CT molecular complexity index is 804. The molecule has 7 nitrogen and oxygen atoms in total. The first-order valence-electron chi connectivity index (χ1n) is 7.79. The average Bonchev–Trinajstić information content (AvgIpc) is 2.91. The highest BCUT2D eigenvalue weighted by Gasteiger charge is 2.26. The van der Waals surface area contributed by atoms with Crippen molar-refractivity contribution in [2.45, 2.75) is 32.5 Å². The Morgan fingerprint density at radius 2 is 2.17 bits per heavy atom. The second-order valence-electron chi connectivity index (χ2n) is 5.89. The van der Waals surface area contributed by atoms with E-state index in [9.17, 15) is 9.59 Å². The van der Waals surface area contributed by atoms with E-state index in [-0.39, 0.29) is 17.6 Å². The summed E-state index contributed by atoms with van der Waals surface area (Å²) in [4.78, 5) is 27.7. The lowest BCUT2D eigenvalue weighted by molar-refractivity contribution is -0.124. The topological polar surface area (TPSA) is 104 Å². The third-order valence-corrected chi connectivity index (χ3v) is 3.70. The van der Waals surface area contributed by atoms with Crippen molar-refractivity contribution in [3.63, 3.8) is 0 Å². The standard InChI is InChI=1S/C17H19N3O4/c1-9(2)23-15-8-10-12(7-11(15)16(18)21)19-5-3-13(10)24-14-4-6-20-17(14)22/h3,5,7-9,14H,4,6H2,1-2H3,(H2,18,21)(H,20,22). The lowest BCUT2D eigenvalue weighted by atomic mass is 10.1. The van der Waals surface area contributed by atoms with Gasteiger partial charge in [-0.1, -0.05) is 0 Å². The van der Waals surface area contributed by atoms with E-state index in [1.807, 2.05) is 13.8 Å². The number of aromatic nitrogens is 1. The summed E-state index contributed by atoms with van der Waals surface area (Å²) in [5.74, 6) is 0.175. The van der Waals surface area contributed by atoms with Gasteiger partial charge < -0.3 is 20.5 Å². The zero-order chi connectivity index (χ0) is 17.3. The number of fused-ring (bicyclic) bond motifs is 1. The van der Waals surface area contributed by atoms with Crippen molar-refractivity contribution in [2.75, 3.05) is 6.54 Å². The molecule has 1 aliphatic rings. The predicted molar refractivity (Wildman–Crippen MR) is 88.1 cm³/mol. The Kier molecular flexibility index (Phi) is 4.24. The van der Waals surface area contributed by atoms with Gasteiger partial charge in [-0.25, -0.2) is 0 Å². The minimum absolute atomic E-state index is 0.123. The van der Waals surface area contributed by atoms with Gasteiger partial charge in [0, 0.05) is 24.5 Å². The van der Waals surface area contributed by atoms with Gasteiger partial charge in [-0.3, -0.25) is 14.6 Å². The smallest absolute Gasteiger partial charge is 0.261 e. The molecule has 126 valence electrons. The predicted octanol–water partition coefficient (Wildman–Crippen LogP) is 1.39. The molecule has 3 N–H and O–H groups in total. The van der Waals surface area contributed by atoms with Gasteiger partial charge >= 0.3 is 0 Å². The molecule has 1 atom stereocenters. The normalized spacial score (nSPS) is 17.1. The van der Waals surface area contributed by atoms with Gasteiger partial charge in [-0.05, 0) is 32.0 Å². The summed E-state index contributed by atoms with van der Waals surface area (Å²) in [6.07, 6.45) is 1.53. The van der Waals surface area contributed by atoms with Crippen LogP contribution in [0.1, 0.15) is 30.6 Å². The van der Waals surface area contributed by atoms with Gasteiger partial charge in [0.1, 0.15) is 11.5 Å². The van der Waals surface area contributed by atoms with Gasteiger partial charge in [0.2, 0.25) is 0 Å². The van der Waals surface area contributed by atoms with Crippen LogP contribution in [0.4, 0.5) is 0 Å². The molecule has 2 amide bonds. The van der Waals surface area contributed by atoms with E-state index < -0.39 is 12.0 Å². The molecule has 0 aliphatic carbocycles. The molecule has 0 spiro atoms. The zero-order valence-electron chi connectivity index (χ0n) is 13.5. The summed E-state index contributed by atoms with van der Waals surface area (Å²) in [5.41, 5.74) is 6.25. The molecule has 1 saturated heterocycles. The Morgan fingerprint density at radius 1 is 1.38 bits per heavy atom. The van der Waals surface area contributed by atoms with Crippen LogP contribution < -0.4 is 20.5 Å². The third kappa shape index (κ3) is 3.10. The largest absolute Gasteiger partial charge is 0.490 e. The monoisotopic (exact) mass is 329 g/mol. The number of hydrogen-bond donors (Lipinski definition) is 2. The number of nitrogens with zero attached hydrogens (tertiary/aromatic N) is 1. The molecular formula is C17H19N3O4. The molecule has 1 aromatic heterocycles. The van der Waals surface area contributed by atoms with E-state index in [0.29, 0.717) is 35.4 Å². The molecule has 24 heavy (non-hydrogen) atoms. The molecule has 1 aromatic carbocycles. The van der Waals surface area contributed by atoms with Crippen LogP contribution in [0, 0.1) is 0 Å². The summed E-state index contributed by atoms with van der Waals surface area (Å²) in [7, 11) is 0. The second-order valence-corrected chi connectivity index (χ2v) is 5.89. The van der Waals surface area contributed by atoms with Gasteiger partial charge in [-0.2, -0.15) is 0 Å². The van der Waals surface area contributed by atoms with Gasteiger partial charge in [0.25, 0.3) is 11.8 Å². The van der Waals surface area contributed by atoms with Crippen molar-refractivity contribution in [1.29, 1.82) is 0 Å². The van der Waals surface area contributed by atoms with Crippen LogP contribution in [-0.2, 0) is 4.79 Å². The molecule has 1 unspecified atom stereocenters. The van der Waals surface area contributed by atoms with Crippen LogP contribution in [0.25, 0.3) is 10.9 Å². The van der Waals surface area contributed by atoms with E-state index in [1.165, 1.54) is 0 Å². The third-order valence-electron chi connectivity index (χ3n) is 3.70. The van der Waals surface area contributed by atoms with Crippen molar-refractivity contribution >= 4 is 22.7 Å². The van der Waals surface area contributed by atoms with Crippen LogP contribution in [-0.4, -0.2) is 35.6 Å². The van der Waals surface area contributed by atoms with E-state index >= 15 is 0 Å². The Balaban J connectivity index is 2.07. The highest BCUT2D eigenvalue weighted by atomic mass is 16.5. The molecule has 0 radical (unpaired) electrons. The van der Waals surface area contributed by atoms with Gasteiger partial charge in [-0.15, -0.1) is 0 Å². The van der Waals surface area contributed by atoms with Gasteiger partial charge in [0.15, 0.2) is 6.10 Å². The number of ether oxygens (including phenoxy) is 2. The molecule has 1 fully saturated rings. The van der Waals surface area contributed by atoms with Crippen LogP contribution in [0.3, 0.4) is 0 Å². The number of carbonyl (C=O) groups is 2. The summed E-state index contributed by atoms with van der Waals surface area (Å²) in [6, 6.07) is 4.96. The van der Waals surface area contributed by atoms with E-state index in [4.69, 9.17) is 15.2 Å². The van der Waals surface area contributed by atoms with E-state index in [2.05, 4.69) is 10.3 Å². The van der Waals surface area contributed by atoms with Crippen LogP contribution >= 0.6 is 0 Å². The lowest BCUT2D eigenvalue weighted by Gasteiger charge is -2.16. The molecular weight excluding hydrogens is 310 g/mol. The Morgan fingerprint density at radius 3 is 2.79 bits per heavy atom. The molecule has 2 heterocycles. The first-order valence-corrected chi connectivity index (χ1v) is 7.79. The van der Waals surface area contributed by atoms with Crippen molar-refractivity contribution in [1.82, 2.24) is 10.3 Å². The number of pyridine rings is 1. The number of nitrogens with one attached hydrogen (secondary N) is 1. The Hall–Kier alpha value is -2.83. The maximum atomic E-state index is 11.7. The Labute approximate surface area is 139 Å². The molecule has 7 heteroatoms. The summed E-state index contributed by atoms with van der Waals surface area (Å²) in [5, 5.41) is 3.40. The van der Waals surface area contributed by atoms with E-state index in [0.717, 1.165) is 0 Å². The minimum atomic E-state index is -0.587. The number of rotatable bonds is 5. The van der Waals surface area contributed by atoms with Crippen molar-refractivity contribution in [3.8, 4) is 11.5 Å². The average molecular weight is 329 g/mol. The van der Waals surface area contributed by atoms with E-state index in [1.54, 1.807) is 24.4 Å². The molecule has 3 rings (SSSR count). The summed E-state index contributed by atoms with van der Waals surface area (Å²) in [6.45, 7) is 4.32.